The van der Waals surface area contributed by atoms with Gasteiger partial charge in [-0.25, -0.2) is 0 Å². The Morgan fingerprint density at radius 1 is 0.391 bits per heavy atom. The van der Waals surface area contributed by atoms with Gasteiger partial charge in [-0.2, -0.15) is 0 Å². The van der Waals surface area contributed by atoms with Crippen molar-refractivity contribution in [2.24, 2.45) is 0 Å². The van der Waals surface area contributed by atoms with Crippen LogP contribution in [0.2, 0.25) is 0 Å². The number of hydrogen-bond donors (Lipinski definition) is 0. The monoisotopic (exact) mass is 584 g/mol. The van der Waals surface area contributed by atoms with E-state index >= 15 is 0 Å². The van der Waals surface area contributed by atoms with Gasteiger partial charge in [0.2, 0.25) is 0 Å². The van der Waals surface area contributed by atoms with Gasteiger partial charge in [0.05, 0.1) is 27.6 Å². The second-order valence-corrected chi connectivity index (χ2v) is 12.2. The van der Waals surface area contributed by atoms with Gasteiger partial charge in [-0.15, -0.1) is 10.2 Å². The molecule has 11 rings (SSSR count). The Bertz CT molecular complexity index is 3020. The number of hydrogen-bond acceptors (Lipinski definition) is 2. The van der Waals surface area contributed by atoms with Gasteiger partial charge in [0.15, 0.2) is 5.82 Å². The molecule has 0 N–H and O–H groups in total. The SMILES string of the molecule is c1ccc(-c2nnc(-n3c4ccccc4c4cc5c6ccccc6n6c7cc8ccccc8cc7c(c43)c56)c3ccccc23)cc1. The smallest absolute Gasteiger partial charge is 0.168 e. The van der Waals surface area contributed by atoms with Crippen molar-refractivity contribution >= 4 is 81.4 Å². The van der Waals surface area contributed by atoms with Gasteiger partial charge in [0.25, 0.3) is 0 Å². The molecule has 4 aromatic heterocycles. The summed E-state index contributed by atoms with van der Waals surface area (Å²) in [6, 6.07) is 52.3. The van der Waals surface area contributed by atoms with Crippen LogP contribution in [-0.2, 0) is 0 Å². The van der Waals surface area contributed by atoms with Crippen LogP contribution in [0.15, 0.2) is 146 Å². The lowest BCUT2D eigenvalue weighted by Gasteiger charge is -2.13. The highest BCUT2D eigenvalue weighted by molar-refractivity contribution is 6.35. The van der Waals surface area contributed by atoms with E-state index in [1.807, 2.05) is 6.07 Å². The normalized spacial score (nSPS) is 12.3. The molecule has 4 heterocycles. The van der Waals surface area contributed by atoms with Gasteiger partial charge < -0.3 is 4.40 Å². The third-order valence-corrected chi connectivity index (χ3v) is 9.89. The van der Waals surface area contributed by atoms with Crippen LogP contribution in [-0.4, -0.2) is 19.2 Å². The van der Waals surface area contributed by atoms with E-state index in [0.29, 0.717) is 0 Å². The molecule has 0 spiro atoms. The number of rotatable bonds is 2. The number of para-hydroxylation sites is 2. The highest BCUT2D eigenvalue weighted by atomic mass is 15.2. The van der Waals surface area contributed by atoms with Gasteiger partial charge in [0, 0.05) is 48.7 Å². The van der Waals surface area contributed by atoms with Crippen molar-refractivity contribution in [3.05, 3.63) is 146 Å². The fourth-order valence-electron chi connectivity index (χ4n) is 7.97. The molecule has 0 saturated heterocycles. The summed E-state index contributed by atoms with van der Waals surface area (Å²) < 4.78 is 4.85. The first-order valence-electron chi connectivity index (χ1n) is 15.7. The van der Waals surface area contributed by atoms with Crippen molar-refractivity contribution in [2.45, 2.75) is 0 Å². The fourth-order valence-corrected chi connectivity index (χ4v) is 7.97. The molecule has 4 heteroatoms. The van der Waals surface area contributed by atoms with Gasteiger partial charge >= 0.3 is 0 Å². The van der Waals surface area contributed by atoms with Gasteiger partial charge in [-0.1, -0.05) is 115 Å². The first kappa shape index (κ1) is 24.1. The quantitative estimate of drug-likeness (QED) is 0.203. The lowest BCUT2D eigenvalue weighted by molar-refractivity contribution is 0.978. The van der Waals surface area contributed by atoms with Crippen LogP contribution < -0.4 is 0 Å². The van der Waals surface area contributed by atoms with Crippen LogP contribution in [0.25, 0.3) is 98.5 Å². The molecule has 0 aliphatic carbocycles. The highest BCUT2D eigenvalue weighted by Gasteiger charge is 2.26. The van der Waals surface area contributed by atoms with Crippen molar-refractivity contribution in [1.82, 2.24) is 19.2 Å². The summed E-state index contributed by atoms with van der Waals surface area (Å²) in [7, 11) is 0. The van der Waals surface area contributed by atoms with E-state index in [4.69, 9.17) is 10.2 Å². The number of benzene rings is 7. The fraction of sp³-hybridized carbons (Fsp3) is 0. The molecular formula is C42H24N4. The van der Waals surface area contributed by atoms with E-state index in [1.54, 1.807) is 0 Å². The second kappa shape index (κ2) is 8.68. The summed E-state index contributed by atoms with van der Waals surface area (Å²) >= 11 is 0. The maximum absolute atomic E-state index is 5.05. The topological polar surface area (TPSA) is 35.1 Å². The lowest BCUT2D eigenvalue weighted by atomic mass is 10.0. The molecule has 46 heavy (non-hydrogen) atoms. The zero-order valence-corrected chi connectivity index (χ0v) is 24.6. The van der Waals surface area contributed by atoms with E-state index < -0.39 is 0 Å². The third kappa shape index (κ3) is 2.98. The first-order chi connectivity index (χ1) is 22.8. The Labute approximate surface area is 262 Å². The molecule has 4 nitrogen and oxygen atoms in total. The van der Waals surface area contributed by atoms with Gasteiger partial charge in [-0.05, 0) is 41.1 Å². The molecule has 11 aromatic rings. The van der Waals surface area contributed by atoms with Crippen molar-refractivity contribution in [3.63, 3.8) is 0 Å². The van der Waals surface area contributed by atoms with E-state index in [2.05, 4.69) is 148 Å². The van der Waals surface area contributed by atoms with E-state index in [9.17, 15) is 0 Å². The van der Waals surface area contributed by atoms with E-state index in [-0.39, 0.29) is 0 Å². The Hall–Kier alpha value is -6.26. The summed E-state index contributed by atoms with van der Waals surface area (Å²) in [5.41, 5.74) is 7.95. The lowest BCUT2D eigenvalue weighted by Crippen LogP contribution is -2.02. The second-order valence-electron chi connectivity index (χ2n) is 12.2. The molecule has 0 aliphatic heterocycles. The predicted molar refractivity (Wildman–Crippen MR) is 191 cm³/mol. The third-order valence-electron chi connectivity index (χ3n) is 9.89. The average molecular weight is 585 g/mol. The molecule has 0 radical (unpaired) electrons. The summed E-state index contributed by atoms with van der Waals surface area (Å²) in [5.74, 6) is 0.842. The summed E-state index contributed by atoms with van der Waals surface area (Å²) in [6.45, 7) is 0. The van der Waals surface area contributed by atoms with Crippen LogP contribution in [0.1, 0.15) is 0 Å². The Kier molecular flexibility index (Phi) is 4.55. The van der Waals surface area contributed by atoms with Crippen LogP contribution in [0.5, 0.6) is 0 Å². The van der Waals surface area contributed by atoms with Crippen molar-refractivity contribution in [2.75, 3.05) is 0 Å². The standard InChI is InChI=1S/C42H24N4/c1-2-12-25(13-3-1)39-30-18-6-7-19-31(30)42(44-43-39)46-36-21-11-9-17-29(36)33-24-32-28-16-8-10-20-35(28)45-37-23-27-15-5-4-14-26(27)22-34(37)38(40(32)45)41(33)46/h1-24H. The minimum atomic E-state index is 0.842. The van der Waals surface area contributed by atoms with Crippen LogP contribution in [0.4, 0.5) is 0 Å². The number of aromatic nitrogens is 4. The van der Waals surface area contributed by atoms with Crippen LogP contribution in [0, 0.1) is 0 Å². The molecule has 0 aliphatic rings. The van der Waals surface area contributed by atoms with Crippen molar-refractivity contribution < 1.29 is 0 Å². The van der Waals surface area contributed by atoms with Crippen LogP contribution >= 0.6 is 0 Å². The minimum absolute atomic E-state index is 0.842. The number of fused-ring (bicyclic) bond motifs is 12. The molecule has 0 amide bonds. The molecule has 7 aromatic carbocycles. The molecule has 0 bridgehead atoms. The minimum Gasteiger partial charge on any atom is -0.308 e. The van der Waals surface area contributed by atoms with Gasteiger partial charge in [0.1, 0.15) is 5.69 Å². The van der Waals surface area contributed by atoms with Crippen molar-refractivity contribution in [1.29, 1.82) is 0 Å². The summed E-state index contributed by atoms with van der Waals surface area (Å²) in [5, 5.41) is 22.1. The van der Waals surface area contributed by atoms with E-state index in [0.717, 1.165) is 33.4 Å². The van der Waals surface area contributed by atoms with Crippen LogP contribution in [0.3, 0.4) is 0 Å². The Balaban J connectivity index is 1.40. The average Bonchev–Trinajstić information content (AvgIpc) is 3.75. The molecule has 0 unspecified atom stereocenters. The summed E-state index contributed by atoms with van der Waals surface area (Å²) in [4.78, 5) is 0. The maximum atomic E-state index is 5.05. The Morgan fingerprint density at radius 2 is 1.00 bits per heavy atom. The molecule has 212 valence electrons. The molecule has 0 atom stereocenters. The molecular weight excluding hydrogens is 560 g/mol. The number of nitrogens with zero attached hydrogens (tertiary/aromatic N) is 4. The van der Waals surface area contributed by atoms with Crippen molar-refractivity contribution in [3.8, 4) is 17.1 Å². The maximum Gasteiger partial charge on any atom is 0.168 e. The van der Waals surface area contributed by atoms with E-state index in [1.165, 1.54) is 65.2 Å². The van der Waals surface area contributed by atoms with Gasteiger partial charge in [-0.3, -0.25) is 4.57 Å². The molecule has 0 fully saturated rings. The predicted octanol–water partition coefficient (Wildman–Crippen LogP) is 10.7. The zero-order valence-electron chi connectivity index (χ0n) is 24.6. The largest absolute Gasteiger partial charge is 0.308 e. The first-order valence-corrected chi connectivity index (χ1v) is 15.7. The zero-order chi connectivity index (χ0) is 29.9. The highest BCUT2D eigenvalue weighted by Crippen LogP contribution is 2.47. The molecule has 0 saturated carbocycles. The Morgan fingerprint density at radius 3 is 1.80 bits per heavy atom. The summed E-state index contributed by atoms with van der Waals surface area (Å²) in [6.07, 6.45) is 0.